The second-order valence-corrected chi connectivity index (χ2v) is 8.23. The van der Waals surface area contributed by atoms with Gasteiger partial charge < -0.3 is 20.3 Å². The van der Waals surface area contributed by atoms with Crippen molar-refractivity contribution in [3.05, 3.63) is 70.7 Å². The molecule has 156 valence electrons. The highest BCUT2D eigenvalue weighted by atomic mass is 35.5. The van der Waals surface area contributed by atoms with Crippen molar-refractivity contribution >= 4 is 17.5 Å². The van der Waals surface area contributed by atoms with Crippen molar-refractivity contribution in [2.24, 2.45) is 0 Å². The summed E-state index contributed by atoms with van der Waals surface area (Å²) in [6, 6.07) is 18.7. The molecule has 2 aromatic carbocycles. The number of rotatable bonds is 8. The number of halogens is 1. The van der Waals surface area contributed by atoms with Crippen LogP contribution in [0.1, 0.15) is 37.1 Å². The SMILES string of the molecule is C[C@H]([NH2+]CC(=O)N[C@H](C)[C@@H](c1ccccc1)[NH+]1CCOCC1)c1ccc(Cl)cc1. The number of nitrogens with one attached hydrogen (secondary N) is 2. The second-order valence-electron chi connectivity index (χ2n) is 7.80. The summed E-state index contributed by atoms with van der Waals surface area (Å²) in [5.41, 5.74) is 2.42. The highest BCUT2D eigenvalue weighted by molar-refractivity contribution is 6.30. The van der Waals surface area contributed by atoms with E-state index in [-0.39, 0.29) is 24.0 Å². The number of carbonyl (C=O) groups is 1. The first-order valence-corrected chi connectivity index (χ1v) is 10.8. The van der Waals surface area contributed by atoms with Gasteiger partial charge in [0.05, 0.1) is 19.3 Å². The number of carbonyl (C=O) groups excluding carboxylic acids is 1. The van der Waals surface area contributed by atoms with Crippen LogP contribution in [-0.4, -0.2) is 44.8 Å². The van der Waals surface area contributed by atoms with Crippen LogP contribution in [0.5, 0.6) is 0 Å². The summed E-state index contributed by atoms with van der Waals surface area (Å²) in [4.78, 5) is 14.1. The van der Waals surface area contributed by atoms with Gasteiger partial charge in [0.25, 0.3) is 5.91 Å². The van der Waals surface area contributed by atoms with Gasteiger partial charge in [-0.3, -0.25) is 4.79 Å². The molecule has 0 radical (unpaired) electrons. The van der Waals surface area contributed by atoms with Crippen molar-refractivity contribution < 1.29 is 19.7 Å². The van der Waals surface area contributed by atoms with E-state index in [0.717, 1.165) is 36.9 Å². The summed E-state index contributed by atoms with van der Waals surface area (Å²) in [6.45, 7) is 8.07. The van der Waals surface area contributed by atoms with Gasteiger partial charge in [-0.05, 0) is 26.0 Å². The Balaban J connectivity index is 1.58. The van der Waals surface area contributed by atoms with Crippen LogP contribution in [0.2, 0.25) is 5.02 Å². The zero-order chi connectivity index (χ0) is 20.6. The van der Waals surface area contributed by atoms with Crippen LogP contribution in [0.3, 0.4) is 0 Å². The third kappa shape index (κ3) is 6.28. The summed E-state index contributed by atoms with van der Waals surface area (Å²) >= 11 is 5.96. The lowest BCUT2D eigenvalue weighted by molar-refractivity contribution is -0.940. The van der Waals surface area contributed by atoms with Crippen molar-refractivity contribution in [1.29, 1.82) is 0 Å². The Hall–Kier alpha value is -1.92. The molecule has 1 aliphatic rings. The monoisotopic (exact) mass is 417 g/mol. The van der Waals surface area contributed by atoms with Crippen molar-refractivity contribution in [1.82, 2.24) is 5.32 Å². The van der Waals surface area contributed by atoms with Crippen LogP contribution in [-0.2, 0) is 9.53 Å². The van der Waals surface area contributed by atoms with Gasteiger partial charge in [-0.25, -0.2) is 0 Å². The molecule has 1 heterocycles. The third-order valence-corrected chi connectivity index (χ3v) is 5.93. The molecule has 3 atom stereocenters. The Morgan fingerprint density at radius 3 is 2.38 bits per heavy atom. The lowest BCUT2D eigenvalue weighted by Gasteiger charge is -2.35. The Kier molecular flexibility index (Phi) is 8.07. The van der Waals surface area contributed by atoms with Gasteiger partial charge in [-0.1, -0.05) is 54.1 Å². The van der Waals surface area contributed by atoms with Crippen LogP contribution in [0.4, 0.5) is 0 Å². The van der Waals surface area contributed by atoms with E-state index in [0.29, 0.717) is 6.54 Å². The molecular weight excluding hydrogens is 386 g/mol. The van der Waals surface area contributed by atoms with Gasteiger partial charge in [0, 0.05) is 16.1 Å². The number of amides is 1. The molecule has 3 rings (SSSR count). The third-order valence-electron chi connectivity index (χ3n) is 5.67. The number of ether oxygens (including phenoxy) is 1. The molecule has 29 heavy (non-hydrogen) atoms. The fourth-order valence-electron chi connectivity index (χ4n) is 4.07. The van der Waals surface area contributed by atoms with E-state index in [1.807, 2.05) is 30.3 Å². The van der Waals surface area contributed by atoms with Crippen molar-refractivity contribution in [2.75, 3.05) is 32.8 Å². The lowest BCUT2D eigenvalue weighted by Crippen LogP contribution is -3.15. The number of hydrogen-bond acceptors (Lipinski definition) is 2. The van der Waals surface area contributed by atoms with E-state index >= 15 is 0 Å². The normalized spacial score (nSPS) is 18.0. The lowest BCUT2D eigenvalue weighted by atomic mass is 9.98. The Morgan fingerprint density at radius 2 is 1.72 bits per heavy atom. The summed E-state index contributed by atoms with van der Waals surface area (Å²) in [5.74, 6) is 0.0619. The average Bonchev–Trinajstić information content (AvgIpc) is 2.74. The maximum Gasteiger partial charge on any atom is 0.275 e. The predicted molar refractivity (Wildman–Crippen MR) is 115 cm³/mol. The first-order valence-electron chi connectivity index (χ1n) is 10.4. The maximum atomic E-state index is 12.7. The van der Waals surface area contributed by atoms with Crippen LogP contribution in [0.15, 0.2) is 54.6 Å². The van der Waals surface area contributed by atoms with E-state index in [9.17, 15) is 4.79 Å². The van der Waals surface area contributed by atoms with Crippen molar-refractivity contribution in [3.63, 3.8) is 0 Å². The molecule has 1 aliphatic heterocycles. The fraction of sp³-hybridized carbons (Fsp3) is 0.435. The first-order chi connectivity index (χ1) is 14.0. The van der Waals surface area contributed by atoms with Crippen molar-refractivity contribution in [3.8, 4) is 0 Å². The number of quaternary nitrogens is 2. The van der Waals surface area contributed by atoms with E-state index < -0.39 is 0 Å². The van der Waals surface area contributed by atoms with Crippen LogP contribution >= 0.6 is 11.6 Å². The number of hydrogen-bond donors (Lipinski definition) is 3. The molecule has 0 aromatic heterocycles. The quantitative estimate of drug-likeness (QED) is 0.603. The molecule has 5 nitrogen and oxygen atoms in total. The highest BCUT2D eigenvalue weighted by Crippen LogP contribution is 2.15. The van der Waals surface area contributed by atoms with Crippen LogP contribution in [0.25, 0.3) is 0 Å². The summed E-state index contributed by atoms with van der Waals surface area (Å²) in [6.07, 6.45) is 0. The van der Waals surface area contributed by atoms with Gasteiger partial charge in [0.15, 0.2) is 6.54 Å². The molecule has 0 spiro atoms. The van der Waals surface area contributed by atoms with Crippen molar-refractivity contribution in [2.45, 2.75) is 32.0 Å². The fourth-order valence-corrected chi connectivity index (χ4v) is 4.19. The van der Waals surface area contributed by atoms with Crippen LogP contribution < -0.4 is 15.5 Å². The first kappa shape index (κ1) is 21.8. The number of benzene rings is 2. The minimum atomic E-state index is 0.0391. The zero-order valence-corrected chi connectivity index (χ0v) is 18.0. The molecule has 1 fully saturated rings. The smallest absolute Gasteiger partial charge is 0.275 e. The molecular formula is C23H32ClN3O2+2. The van der Waals surface area contributed by atoms with Gasteiger partial charge >= 0.3 is 0 Å². The molecule has 6 heteroatoms. The van der Waals surface area contributed by atoms with Gasteiger partial charge in [0.2, 0.25) is 0 Å². The van der Waals surface area contributed by atoms with E-state index in [1.165, 1.54) is 10.5 Å². The minimum Gasteiger partial charge on any atom is -0.370 e. The van der Waals surface area contributed by atoms with Crippen LogP contribution in [0, 0.1) is 0 Å². The molecule has 1 saturated heterocycles. The van der Waals surface area contributed by atoms with Gasteiger partial charge in [0.1, 0.15) is 25.2 Å². The average molecular weight is 418 g/mol. The number of nitrogens with two attached hydrogens (primary N) is 1. The predicted octanol–water partition coefficient (Wildman–Crippen LogP) is 1.13. The minimum absolute atomic E-state index is 0.0391. The largest absolute Gasteiger partial charge is 0.370 e. The Morgan fingerprint density at radius 1 is 1.07 bits per heavy atom. The molecule has 0 unspecified atom stereocenters. The summed E-state index contributed by atoms with van der Waals surface area (Å²) in [5, 5.41) is 6.03. The maximum absolute atomic E-state index is 12.7. The molecule has 4 N–H and O–H groups in total. The van der Waals surface area contributed by atoms with Gasteiger partial charge in [-0.15, -0.1) is 0 Å². The zero-order valence-electron chi connectivity index (χ0n) is 17.2. The molecule has 0 saturated carbocycles. The summed E-state index contributed by atoms with van der Waals surface area (Å²) < 4.78 is 5.54. The molecule has 0 bridgehead atoms. The molecule has 1 amide bonds. The number of morpholine rings is 1. The molecule has 2 aromatic rings. The molecule has 0 aliphatic carbocycles. The highest BCUT2D eigenvalue weighted by Gasteiger charge is 2.32. The Bertz CT molecular complexity index is 763. The standard InChI is InChI=1S/C23H30ClN3O2/c1-17(19-8-10-21(24)11-9-19)25-16-22(28)26-18(2)23(20-6-4-3-5-7-20)27-12-14-29-15-13-27/h3-11,17-18,23,25H,12-16H2,1-2H3,(H,26,28)/p+2/t17-,18+,23-/m0/s1. The van der Waals surface area contributed by atoms with E-state index in [4.69, 9.17) is 16.3 Å². The van der Waals surface area contributed by atoms with Gasteiger partial charge in [-0.2, -0.15) is 0 Å². The topological polar surface area (TPSA) is 59.4 Å². The Labute approximate surface area is 178 Å². The van der Waals surface area contributed by atoms with E-state index in [2.05, 4.69) is 48.7 Å². The summed E-state index contributed by atoms with van der Waals surface area (Å²) in [7, 11) is 0. The second kappa shape index (κ2) is 10.7. The van der Waals surface area contributed by atoms with E-state index in [1.54, 1.807) is 0 Å².